The molecule has 1 aliphatic heterocycles. The van der Waals surface area contributed by atoms with Gasteiger partial charge in [0.15, 0.2) is 0 Å². The van der Waals surface area contributed by atoms with E-state index in [1.54, 1.807) is 5.38 Å². The quantitative estimate of drug-likeness (QED) is 0.557. The number of nitrogens with zero attached hydrogens (tertiary/aromatic N) is 1. The number of morpholine rings is 1. The maximum absolute atomic E-state index is 12.9. The first-order chi connectivity index (χ1) is 15.1. The zero-order chi connectivity index (χ0) is 23.5. The van der Waals surface area contributed by atoms with E-state index in [4.69, 9.17) is 4.74 Å². The highest BCUT2D eigenvalue weighted by Gasteiger charge is 2.32. The van der Waals surface area contributed by atoms with Gasteiger partial charge >= 0.3 is 0 Å². The summed E-state index contributed by atoms with van der Waals surface area (Å²) in [6.45, 7) is 5.41. The smallest absolute Gasteiger partial charge is 0.272 e. The number of hydrazine groups is 1. The molecule has 172 valence electrons. The van der Waals surface area contributed by atoms with Crippen molar-refractivity contribution in [2.24, 2.45) is 0 Å². The van der Waals surface area contributed by atoms with E-state index in [0.29, 0.717) is 5.00 Å². The molecule has 1 saturated heterocycles. The lowest BCUT2D eigenvalue weighted by Crippen LogP contribution is -2.48. The maximum atomic E-state index is 12.9. The van der Waals surface area contributed by atoms with Gasteiger partial charge in [-0.15, -0.1) is 11.3 Å². The first kappa shape index (κ1) is 23.9. The number of ether oxygens (including phenoxy) is 1. The zero-order valence-corrected chi connectivity index (χ0v) is 19.4. The predicted octanol–water partition coefficient (Wildman–Crippen LogP) is 1.58. The third kappa shape index (κ3) is 5.51. The van der Waals surface area contributed by atoms with Crippen LogP contribution in [0.4, 0.5) is 5.00 Å². The van der Waals surface area contributed by atoms with E-state index < -0.39 is 27.7 Å². The topological polar surface area (TPSA) is 134 Å². The number of hydrogen-bond donors (Lipinski definition) is 3. The Morgan fingerprint density at radius 2 is 1.62 bits per heavy atom. The maximum Gasteiger partial charge on any atom is 0.272 e. The van der Waals surface area contributed by atoms with Crippen LogP contribution in [-0.2, 0) is 19.6 Å². The minimum absolute atomic E-state index is 0.0850. The molecule has 10 nitrogen and oxygen atoms in total. The van der Waals surface area contributed by atoms with Crippen LogP contribution in [0.5, 0.6) is 0 Å². The number of amides is 3. The highest BCUT2D eigenvalue weighted by Crippen LogP contribution is 2.25. The van der Waals surface area contributed by atoms with Crippen molar-refractivity contribution in [3.63, 3.8) is 0 Å². The zero-order valence-electron chi connectivity index (χ0n) is 17.7. The number of rotatable bonds is 5. The van der Waals surface area contributed by atoms with E-state index >= 15 is 0 Å². The SMILES string of the molecule is CC(=O)NNC(=O)c1ccsc1NC(=O)c1ccc(S(=O)(=O)N2CC(C)OC(C)C2)cc1. The van der Waals surface area contributed by atoms with Gasteiger partial charge in [0.25, 0.3) is 11.8 Å². The van der Waals surface area contributed by atoms with Crippen LogP contribution in [-0.4, -0.2) is 55.7 Å². The molecule has 32 heavy (non-hydrogen) atoms. The van der Waals surface area contributed by atoms with Crippen molar-refractivity contribution in [2.45, 2.75) is 37.9 Å². The molecule has 3 rings (SSSR count). The van der Waals surface area contributed by atoms with Crippen molar-refractivity contribution in [1.29, 1.82) is 0 Å². The molecule has 0 spiro atoms. The molecule has 3 N–H and O–H groups in total. The van der Waals surface area contributed by atoms with Gasteiger partial charge in [0.2, 0.25) is 15.9 Å². The highest BCUT2D eigenvalue weighted by molar-refractivity contribution is 7.89. The van der Waals surface area contributed by atoms with Crippen LogP contribution in [0, 0.1) is 0 Å². The highest BCUT2D eigenvalue weighted by atomic mass is 32.2. The Bertz CT molecular complexity index is 1100. The Balaban J connectivity index is 1.71. The van der Waals surface area contributed by atoms with Crippen molar-refractivity contribution < 1.29 is 27.5 Å². The van der Waals surface area contributed by atoms with Crippen LogP contribution >= 0.6 is 11.3 Å². The third-order valence-electron chi connectivity index (χ3n) is 4.63. The third-order valence-corrected chi connectivity index (χ3v) is 7.31. The summed E-state index contributed by atoms with van der Waals surface area (Å²) in [6.07, 6.45) is -0.414. The van der Waals surface area contributed by atoms with Gasteiger partial charge in [-0.1, -0.05) is 0 Å². The number of benzene rings is 1. The molecular formula is C20H24N4O6S2. The minimum atomic E-state index is -3.72. The van der Waals surface area contributed by atoms with Gasteiger partial charge in [-0.05, 0) is 49.6 Å². The van der Waals surface area contributed by atoms with Crippen molar-refractivity contribution in [3.05, 3.63) is 46.8 Å². The molecule has 1 fully saturated rings. The molecule has 0 radical (unpaired) electrons. The van der Waals surface area contributed by atoms with Crippen LogP contribution in [0.3, 0.4) is 0 Å². The minimum Gasteiger partial charge on any atom is -0.373 e. The van der Waals surface area contributed by atoms with Gasteiger partial charge in [0.1, 0.15) is 5.00 Å². The fourth-order valence-corrected chi connectivity index (χ4v) is 5.60. The standard InChI is InChI=1S/C20H24N4O6S2/c1-12-10-24(11-13(2)30-12)32(28,29)16-6-4-15(5-7-16)18(26)21-20-17(8-9-31-20)19(27)23-22-14(3)25/h4-9,12-13H,10-11H2,1-3H3,(H,21,26)(H,22,25)(H,23,27). The lowest BCUT2D eigenvalue weighted by molar-refractivity contribution is -0.119. The number of carbonyl (C=O) groups excluding carboxylic acids is 3. The Labute approximate surface area is 190 Å². The molecule has 2 aromatic rings. The Morgan fingerprint density at radius 1 is 1.00 bits per heavy atom. The van der Waals surface area contributed by atoms with Gasteiger partial charge in [0.05, 0.1) is 22.7 Å². The first-order valence-electron chi connectivity index (χ1n) is 9.79. The average Bonchev–Trinajstić information content (AvgIpc) is 3.19. The lowest BCUT2D eigenvalue weighted by Gasteiger charge is -2.34. The van der Waals surface area contributed by atoms with Crippen LogP contribution in [0.15, 0.2) is 40.6 Å². The molecule has 2 atom stereocenters. The monoisotopic (exact) mass is 480 g/mol. The molecule has 0 saturated carbocycles. The molecule has 1 aliphatic rings. The van der Waals surface area contributed by atoms with Gasteiger partial charge in [-0.25, -0.2) is 8.42 Å². The largest absolute Gasteiger partial charge is 0.373 e. The molecular weight excluding hydrogens is 456 g/mol. The van der Waals surface area contributed by atoms with Crippen LogP contribution in [0.25, 0.3) is 0 Å². The normalized spacial score (nSPS) is 19.2. The summed E-state index contributed by atoms with van der Waals surface area (Å²) >= 11 is 1.14. The van der Waals surface area contributed by atoms with E-state index in [2.05, 4.69) is 16.2 Å². The number of hydrogen-bond acceptors (Lipinski definition) is 7. The van der Waals surface area contributed by atoms with E-state index in [0.717, 1.165) is 11.3 Å². The van der Waals surface area contributed by atoms with Crippen LogP contribution in [0.2, 0.25) is 0 Å². The second-order valence-electron chi connectivity index (χ2n) is 7.36. The summed E-state index contributed by atoms with van der Waals surface area (Å²) in [4.78, 5) is 35.8. The number of sulfonamides is 1. The molecule has 0 bridgehead atoms. The fourth-order valence-electron chi connectivity index (χ4n) is 3.23. The molecule has 1 aromatic carbocycles. The lowest BCUT2D eigenvalue weighted by atomic mass is 10.2. The summed E-state index contributed by atoms with van der Waals surface area (Å²) in [6, 6.07) is 7.11. The first-order valence-corrected chi connectivity index (χ1v) is 12.1. The Kier molecular flexibility index (Phi) is 7.29. The molecule has 12 heteroatoms. The summed E-state index contributed by atoms with van der Waals surface area (Å²) < 4.78 is 32.9. The van der Waals surface area contributed by atoms with Crippen molar-refractivity contribution >= 4 is 44.1 Å². The second-order valence-corrected chi connectivity index (χ2v) is 10.2. The molecule has 0 aliphatic carbocycles. The van der Waals surface area contributed by atoms with Gasteiger partial charge in [-0.3, -0.25) is 25.2 Å². The molecule has 2 heterocycles. The van der Waals surface area contributed by atoms with Crippen molar-refractivity contribution in [1.82, 2.24) is 15.2 Å². The second kappa shape index (κ2) is 9.77. The number of anilines is 1. The van der Waals surface area contributed by atoms with Crippen LogP contribution in [0.1, 0.15) is 41.5 Å². The van der Waals surface area contributed by atoms with Gasteiger partial charge in [-0.2, -0.15) is 4.31 Å². The summed E-state index contributed by atoms with van der Waals surface area (Å²) in [5, 5.41) is 4.56. The average molecular weight is 481 g/mol. The fraction of sp³-hybridized carbons (Fsp3) is 0.350. The summed E-state index contributed by atoms with van der Waals surface area (Å²) in [7, 11) is -3.72. The molecule has 2 unspecified atom stereocenters. The Morgan fingerprint density at radius 3 is 2.22 bits per heavy atom. The Hall–Kier alpha value is -2.80. The van der Waals surface area contributed by atoms with E-state index in [1.807, 2.05) is 13.8 Å². The van der Waals surface area contributed by atoms with Crippen molar-refractivity contribution in [2.75, 3.05) is 18.4 Å². The van der Waals surface area contributed by atoms with E-state index in [-0.39, 0.29) is 41.3 Å². The van der Waals surface area contributed by atoms with Crippen LogP contribution < -0.4 is 16.2 Å². The van der Waals surface area contributed by atoms with E-state index in [1.165, 1.54) is 41.6 Å². The molecule has 1 aromatic heterocycles. The number of carbonyl (C=O) groups is 3. The summed E-state index contributed by atoms with van der Waals surface area (Å²) in [5.74, 6) is -1.51. The van der Waals surface area contributed by atoms with Gasteiger partial charge < -0.3 is 10.1 Å². The summed E-state index contributed by atoms with van der Waals surface area (Å²) in [5.41, 5.74) is 4.84. The number of nitrogens with one attached hydrogen (secondary N) is 3. The molecule has 3 amide bonds. The predicted molar refractivity (Wildman–Crippen MR) is 119 cm³/mol. The van der Waals surface area contributed by atoms with Crippen molar-refractivity contribution in [3.8, 4) is 0 Å². The van der Waals surface area contributed by atoms with E-state index in [9.17, 15) is 22.8 Å². The van der Waals surface area contributed by atoms with Gasteiger partial charge in [0, 0.05) is 25.6 Å². The number of thiophene rings is 1.